The highest BCUT2D eigenvalue weighted by Gasteiger charge is 2.36. The normalized spacial score (nSPS) is 17.3. The molecule has 43 heavy (non-hydrogen) atoms. The van der Waals surface area contributed by atoms with Gasteiger partial charge in [0.2, 0.25) is 0 Å². The van der Waals surface area contributed by atoms with E-state index < -0.39 is 35.2 Å². The number of carbonyl (C=O) groups is 4. The van der Waals surface area contributed by atoms with E-state index in [1.54, 1.807) is 70.2 Å². The highest BCUT2D eigenvalue weighted by molar-refractivity contribution is 7.16. The number of aromatic nitrogens is 2. The number of nitrogens with one attached hydrogen (secondary N) is 1. The molecule has 0 bridgehead atoms. The highest BCUT2D eigenvalue weighted by Crippen LogP contribution is 2.35. The maximum absolute atomic E-state index is 13.5. The van der Waals surface area contributed by atoms with E-state index in [0.29, 0.717) is 12.1 Å². The monoisotopic (exact) mass is 609 g/mol. The average Bonchev–Trinajstić information content (AvgIpc) is 3.35. The number of benzene rings is 1. The number of aryl methyl sites for hydroxylation is 1. The van der Waals surface area contributed by atoms with Crippen LogP contribution in [0.15, 0.2) is 36.0 Å². The molecule has 0 radical (unpaired) electrons. The number of pyridine rings is 1. The number of anilines is 2. The predicted octanol–water partition coefficient (Wildman–Crippen LogP) is 6.61. The van der Waals surface area contributed by atoms with Crippen LogP contribution in [-0.2, 0) is 19.1 Å². The molecule has 1 aromatic carbocycles. The summed E-state index contributed by atoms with van der Waals surface area (Å²) in [4.78, 5) is 63.8. The van der Waals surface area contributed by atoms with Crippen molar-refractivity contribution in [3.05, 3.63) is 47.1 Å². The first-order valence-electron chi connectivity index (χ1n) is 14.2. The molecule has 1 aliphatic heterocycles. The van der Waals surface area contributed by atoms with Crippen molar-refractivity contribution >= 4 is 57.1 Å². The zero-order valence-electron chi connectivity index (χ0n) is 25.9. The van der Waals surface area contributed by atoms with Gasteiger partial charge in [-0.25, -0.2) is 19.6 Å². The van der Waals surface area contributed by atoms with Crippen molar-refractivity contribution in [2.45, 2.75) is 85.5 Å². The van der Waals surface area contributed by atoms with Gasteiger partial charge in [-0.05, 0) is 96.6 Å². The number of amides is 4. The lowest BCUT2D eigenvalue weighted by atomic mass is 9.89. The maximum Gasteiger partial charge on any atom is 0.425 e. The summed E-state index contributed by atoms with van der Waals surface area (Å²) in [6.07, 6.45) is 1.04. The van der Waals surface area contributed by atoms with Gasteiger partial charge in [-0.15, -0.1) is 11.3 Å². The molecule has 4 amide bonds. The number of piperidine rings is 1. The van der Waals surface area contributed by atoms with Crippen LogP contribution in [-0.4, -0.2) is 56.6 Å². The van der Waals surface area contributed by atoms with Gasteiger partial charge in [0.15, 0.2) is 5.82 Å². The van der Waals surface area contributed by atoms with Crippen molar-refractivity contribution < 1.29 is 28.7 Å². The second-order valence-corrected chi connectivity index (χ2v) is 13.7. The van der Waals surface area contributed by atoms with Crippen molar-refractivity contribution in [2.24, 2.45) is 5.92 Å². The van der Waals surface area contributed by atoms with Gasteiger partial charge in [-0.2, -0.15) is 4.90 Å². The topological polar surface area (TPSA) is 131 Å². The number of likely N-dealkylation sites (tertiary alicyclic amines) is 1. The van der Waals surface area contributed by atoms with E-state index in [2.05, 4.69) is 22.2 Å². The van der Waals surface area contributed by atoms with Crippen molar-refractivity contribution in [1.29, 1.82) is 0 Å². The number of rotatable bonds is 3. The number of carbonyl (C=O) groups excluding carboxylic acids is 4. The first-order chi connectivity index (χ1) is 20.0. The molecule has 0 spiro atoms. The van der Waals surface area contributed by atoms with Crippen LogP contribution < -0.4 is 10.2 Å². The third-order valence-corrected chi connectivity index (χ3v) is 7.49. The van der Waals surface area contributed by atoms with Crippen LogP contribution in [0, 0.1) is 12.8 Å². The number of hydrogen-bond donors (Lipinski definition) is 1. The molecule has 1 fully saturated rings. The first-order valence-corrected chi connectivity index (χ1v) is 15.1. The maximum atomic E-state index is 13.5. The van der Waals surface area contributed by atoms with Crippen molar-refractivity contribution in [2.75, 3.05) is 16.8 Å². The van der Waals surface area contributed by atoms with Gasteiger partial charge < -0.3 is 19.7 Å². The molecule has 3 aromatic rings. The van der Waals surface area contributed by atoms with Gasteiger partial charge in [-0.3, -0.25) is 9.59 Å². The first kappa shape index (κ1) is 31.9. The number of hydrogen-bond acceptors (Lipinski definition) is 9. The highest BCUT2D eigenvalue weighted by atomic mass is 32.1. The fourth-order valence-corrected chi connectivity index (χ4v) is 5.51. The number of ether oxygens (including phenoxy) is 2. The summed E-state index contributed by atoms with van der Waals surface area (Å²) in [5.41, 5.74) is 2.45. The van der Waals surface area contributed by atoms with Crippen molar-refractivity contribution in [1.82, 2.24) is 14.9 Å². The Labute approximate surface area is 255 Å². The molecule has 0 aliphatic carbocycles. The van der Waals surface area contributed by atoms with Crippen LogP contribution in [0.25, 0.3) is 10.2 Å². The van der Waals surface area contributed by atoms with Gasteiger partial charge >= 0.3 is 24.0 Å². The van der Waals surface area contributed by atoms with Crippen LogP contribution in [0.2, 0.25) is 0 Å². The molecule has 230 valence electrons. The largest absolute Gasteiger partial charge is 0.443 e. The molecule has 0 saturated carbocycles. The van der Waals surface area contributed by atoms with Gasteiger partial charge in [0.05, 0.1) is 33.7 Å². The Morgan fingerprint density at radius 3 is 2.23 bits per heavy atom. The van der Waals surface area contributed by atoms with E-state index in [1.165, 1.54) is 12.3 Å². The summed E-state index contributed by atoms with van der Waals surface area (Å²) in [5.74, 6) is -1.24. The van der Waals surface area contributed by atoms with Crippen LogP contribution in [0.3, 0.4) is 0 Å². The van der Waals surface area contributed by atoms with Crippen LogP contribution in [0.1, 0.15) is 78.5 Å². The molecule has 1 saturated heterocycles. The fraction of sp³-hybridized carbons (Fsp3) is 0.484. The lowest BCUT2D eigenvalue weighted by molar-refractivity contribution is -0.146. The Bertz CT molecular complexity index is 1510. The molecule has 4 rings (SSSR count). The summed E-state index contributed by atoms with van der Waals surface area (Å²) in [7, 11) is 0. The van der Waals surface area contributed by atoms with Gasteiger partial charge in [0, 0.05) is 6.54 Å². The number of thiazole rings is 1. The summed E-state index contributed by atoms with van der Waals surface area (Å²) < 4.78 is 11.9. The Morgan fingerprint density at radius 2 is 1.63 bits per heavy atom. The second kappa shape index (κ2) is 12.3. The smallest absolute Gasteiger partial charge is 0.425 e. The summed E-state index contributed by atoms with van der Waals surface area (Å²) in [6, 6.07) is 7.25. The molecule has 12 heteroatoms. The van der Waals surface area contributed by atoms with Gasteiger partial charge in [-0.1, -0.05) is 13.0 Å². The Balaban J connectivity index is 1.55. The summed E-state index contributed by atoms with van der Waals surface area (Å²) in [5, 5.41) is 2.64. The molecule has 1 aliphatic rings. The Hall–Kier alpha value is -4.06. The standard InChI is InChI=1S/C31H39N5O6S/c1-18-9-11-23(20-10-12-24-22(14-20)33-17-43-24)35(16-18)27(38)26(37)34-21-13-19(2)25(32-15-21)36(28(39)41-30(3,4)5)29(40)42-31(6,7)8/h10,12-15,17-18,23H,9,11,16H2,1-8H3,(H,34,37)/t18-,23+/m0/s1. The third-order valence-electron chi connectivity index (χ3n) is 6.68. The molecule has 1 N–H and O–H groups in total. The zero-order chi connectivity index (χ0) is 31.7. The molecule has 2 atom stereocenters. The molecular formula is C31H39N5O6S. The fourth-order valence-electron chi connectivity index (χ4n) is 4.85. The lowest BCUT2D eigenvalue weighted by Crippen LogP contribution is -2.46. The van der Waals surface area contributed by atoms with Gasteiger partial charge in [0.25, 0.3) is 0 Å². The van der Waals surface area contributed by atoms with E-state index in [4.69, 9.17) is 9.47 Å². The summed E-state index contributed by atoms with van der Waals surface area (Å²) >= 11 is 1.55. The molecule has 11 nitrogen and oxygen atoms in total. The number of nitrogens with zero attached hydrogens (tertiary/aromatic N) is 4. The van der Waals surface area contributed by atoms with Crippen molar-refractivity contribution in [3.63, 3.8) is 0 Å². The minimum atomic E-state index is -0.953. The second-order valence-electron chi connectivity index (χ2n) is 12.9. The SMILES string of the molecule is Cc1cc(NC(=O)C(=O)N2C[C@@H](C)CC[C@@H]2c2ccc3scnc3c2)cnc1N(C(=O)OC(C)(C)C)C(=O)OC(C)(C)C. The molecular weight excluding hydrogens is 570 g/mol. The molecule has 2 aromatic heterocycles. The third kappa shape index (κ3) is 7.86. The number of fused-ring (bicyclic) bond motifs is 1. The van der Waals surface area contributed by atoms with E-state index in [9.17, 15) is 19.2 Å². The summed E-state index contributed by atoms with van der Waals surface area (Å²) in [6.45, 7) is 14.2. The minimum Gasteiger partial charge on any atom is -0.443 e. The van der Waals surface area contributed by atoms with Crippen LogP contribution in [0.5, 0.6) is 0 Å². The average molecular weight is 610 g/mol. The van der Waals surface area contributed by atoms with Crippen LogP contribution in [0.4, 0.5) is 21.1 Å². The Morgan fingerprint density at radius 1 is 0.977 bits per heavy atom. The quantitative estimate of drug-likeness (QED) is 0.328. The molecule has 3 heterocycles. The van der Waals surface area contributed by atoms with Gasteiger partial charge in [0.1, 0.15) is 11.2 Å². The van der Waals surface area contributed by atoms with E-state index in [0.717, 1.165) is 33.5 Å². The van der Waals surface area contributed by atoms with E-state index in [-0.39, 0.29) is 23.5 Å². The lowest BCUT2D eigenvalue weighted by Gasteiger charge is -2.38. The van der Waals surface area contributed by atoms with E-state index >= 15 is 0 Å². The Kier molecular flexibility index (Phi) is 9.10. The number of imide groups is 1. The minimum absolute atomic E-state index is 0.0184. The van der Waals surface area contributed by atoms with Crippen LogP contribution >= 0.6 is 11.3 Å². The zero-order valence-corrected chi connectivity index (χ0v) is 26.7. The van der Waals surface area contributed by atoms with Crippen molar-refractivity contribution in [3.8, 4) is 0 Å². The van der Waals surface area contributed by atoms with E-state index in [1.807, 2.05) is 18.2 Å². The molecule has 0 unspecified atom stereocenters. The predicted molar refractivity (Wildman–Crippen MR) is 165 cm³/mol.